The van der Waals surface area contributed by atoms with Crippen LogP contribution in [0.15, 0.2) is 23.0 Å². The number of hydrogen-bond donors (Lipinski definition) is 2. The number of H-pyrrole nitrogens is 1. The van der Waals surface area contributed by atoms with Crippen LogP contribution >= 0.6 is 0 Å². The number of nitrogens with zero attached hydrogens (tertiary/aromatic N) is 1. The molecule has 1 saturated carbocycles. The first kappa shape index (κ1) is 26.8. The van der Waals surface area contributed by atoms with E-state index in [1.165, 1.54) is 6.07 Å². The van der Waals surface area contributed by atoms with Crippen molar-refractivity contribution in [3.8, 4) is 0 Å². The highest BCUT2D eigenvalue weighted by Gasteiger charge is 2.35. The van der Waals surface area contributed by atoms with Gasteiger partial charge in [-0.3, -0.25) is 9.59 Å². The van der Waals surface area contributed by atoms with Crippen molar-refractivity contribution >= 4 is 11.6 Å². The van der Waals surface area contributed by atoms with Crippen LogP contribution in [0, 0.1) is 32.6 Å². The minimum absolute atomic E-state index is 0.0219. The Hall–Kier alpha value is -2.77. The van der Waals surface area contributed by atoms with Crippen LogP contribution in [-0.2, 0) is 12.7 Å². The van der Waals surface area contributed by atoms with Gasteiger partial charge in [0.1, 0.15) is 0 Å². The molecule has 0 aliphatic heterocycles. The van der Waals surface area contributed by atoms with Crippen molar-refractivity contribution in [1.29, 1.82) is 0 Å². The number of carbonyl (C=O) groups is 1. The van der Waals surface area contributed by atoms with Crippen LogP contribution in [0.4, 0.5) is 18.9 Å². The van der Waals surface area contributed by atoms with Gasteiger partial charge in [0, 0.05) is 41.6 Å². The number of anilines is 1. The molecule has 1 aromatic heterocycles. The zero-order valence-electron chi connectivity index (χ0n) is 21.4. The van der Waals surface area contributed by atoms with Crippen LogP contribution in [-0.4, -0.2) is 23.5 Å². The number of halogens is 3. The van der Waals surface area contributed by atoms with Crippen molar-refractivity contribution in [3.05, 3.63) is 62.1 Å². The molecule has 2 aromatic rings. The molecule has 192 valence electrons. The Kier molecular flexibility index (Phi) is 8.02. The minimum atomic E-state index is -4.59. The summed E-state index contributed by atoms with van der Waals surface area (Å²) in [6, 6.07) is 4.00. The summed E-state index contributed by atoms with van der Waals surface area (Å²) in [5, 5.41) is 2.67. The van der Waals surface area contributed by atoms with Gasteiger partial charge in [-0.15, -0.1) is 0 Å². The molecule has 1 aromatic carbocycles. The van der Waals surface area contributed by atoms with E-state index >= 15 is 0 Å². The Morgan fingerprint density at radius 1 is 1.09 bits per heavy atom. The summed E-state index contributed by atoms with van der Waals surface area (Å²) in [7, 11) is 0. The van der Waals surface area contributed by atoms with E-state index < -0.39 is 17.6 Å². The summed E-state index contributed by atoms with van der Waals surface area (Å²) in [5.41, 5.74) is 1.57. The monoisotopic (exact) mass is 491 g/mol. The number of nitrogens with one attached hydrogen (secondary N) is 2. The first-order chi connectivity index (χ1) is 16.3. The molecule has 1 aliphatic rings. The summed E-state index contributed by atoms with van der Waals surface area (Å²) >= 11 is 0. The van der Waals surface area contributed by atoms with Gasteiger partial charge < -0.3 is 15.2 Å². The molecule has 1 aliphatic carbocycles. The van der Waals surface area contributed by atoms with Crippen molar-refractivity contribution in [2.75, 3.05) is 11.4 Å². The Balaban J connectivity index is 1.99. The second-order valence-corrected chi connectivity index (χ2v) is 10.1. The van der Waals surface area contributed by atoms with Crippen molar-refractivity contribution in [2.45, 2.75) is 79.6 Å². The lowest BCUT2D eigenvalue weighted by Crippen LogP contribution is -2.41. The quantitative estimate of drug-likeness (QED) is 0.529. The van der Waals surface area contributed by atoms with E-state index in [1.54, 1.807) is 26.8 Å². The van der Waals surface area contributed by atoms with E-state index in [0.717, 1.165) is 25.3 Å². The third kappa shape index (κ3) is 6.08. The Bertz CT molecular complexity index is 1130. The molecule has 1 amide bonds. The van der Waals surface area contributed by atoms with E-state index in [1.807, 2.05) is 11.8 Å². The van der Waals surface area contributed by atoms with Crippen LogP contribution in [0.2, 0.25) is 0 Å². The zero-order valence-corrected chi connectivity index (χ0v) is 21.4. The summed E-state index contributed by atoms with van der Waals surface area (Å²) in [6.07, 6.45) is -1.66. The first-order valence-electron chi connectivity index (χ1n) is 12.3. The maximum atomic E-state index is 13.9. The normalized spacial score (nSPS) is 20.5. The van der Waals surface area contributed by atoms with Crippen molar-refractivity contribution in [1.82, 2.24) is 10.3 Å². The second-order valence-electron chi connectivity index (χ2n) is 10.1. The second kappa shape index (κ2) is 10.5. The molecule has 8 heteroatoms. The minimum Gasteiger partial charge on any atom is -0.369 e. The van der Waals surface area contributed by atoms with Gasteiger partial charge in [0.2, 0.25) is 0 Å². The van der Waals surface area contributed by atoms with Crippen LogP contribution in [0.5, 0.6) is 0 Å². The average Bonchev–Trinajstić information content (AvgIpc) is 2.73. The largest absolute Gasteiger partial charge is 0.416 e. The molecule has 3 rings (SSSR count). The lowest BCUT2D eigenvalue weighted by atomic mass is 9.79. The predicted octanol–water partition coefficient (Wildman–Crippen LogP) is 5.90. The van der Waals surface area contributed by atoms with Gasteiger partial charge in [0.25, 0.3) is 11.5 Å². The number of aryl methyl sites for hydroxylation is 2. The van der Waals surface area contributed by atoms with Crippen LogP contribution in [0.3, 0.4) is 0 Å². The molecule has 0 saturated heterocycles. The van der Waals surface area contributed by atoms with E-state index in [9.17, 15) is 22.8 Å². The number of aromatic nitrogens is 1. The number of aromatic amines is 1. The molecule has 0 bridgehead atoms. The highest BCUT2D eigenvalue weighted by Crippen LogP contribution is 2.39. The van der Waals surface area contributed by atoms with Crippen LogP contribution < -0.4 is 15.8 Å². The van der Waals surface area contributed by atoms with E-state index in [2.05, 4.69) is 24.1 Å². The topological polar surface area (TPSA) is 65.2 Å². The molecule has 2 N–H and O–H groups in total. The Morgan fingerprint density at radius 2 is 1.71 bits per heavy atom. The van der Waals surface area contributed by atoms with Crippen molar-refractivity contribution in [2.24, 2.45) is 11.8 Å². The molecule has 1 fully saturated rings. The Morgan fingerprint density at radius 3 is 2.26 bits per heavy atom. The smallest absolute Gasteiger partial charge is 0.369 e. The number of carbonyl (C=O) groups excluding carboxylic acids is 1. The Labute approximate surface area is 205 Å². The van der Waals surface area contributed by atoms with Crippen LogP contribution in [0.25, 0.3) is 0 Å². The lowest BCUT2D eigenvalue weighted by molar-refractivity contribution is -0.137. The van der Waals surface area contributed by atoms with Crippen LogP contribution in [0.1, 0.15) is 78.3 Å². The first-order valence-corrected chi connectivity index (χ1v) is 12.3. The highest BCUT2D eigenvalue weighted by atomic mass is 19.4. The van der Waals surface area contributed by atoms with Gasteiger partial charge in [-0.25, -0.2) is 0 Å². The van der Waals surface area contributed by atoms with Gasteiger partial charge in [0.05, 0.1) is 5.56 Å². The van der Waals surface area contributed by atoms with Gasteiger partial charge in [-0.05, 0) is 88.1 Å². The van der Waals surface area contributed by atoms with Crippen molar-refractivity contribution in [3.63, 3.8) is 0 Å². The lowest BCUT2D eigenvalue weighted by Gasteiger charge is -2.41. The van der Waals surface area contributed by atoms with Gasteiger partial charge in [-0.2, -0.15) is 13.2 Å². The van der Waals surface area contributed by atoms with Gasteiger partial charge in [0.15, 0.2) is 0 Å². The number of rotatable bonds is 6. The molecular formula is C27H36F3N3O2. The molecule has 35 heavy (non-hydrogen) atoms. The summed E-state index contributed by atoms with van der Waals surface area (Å²) in [5.74, 6) is 0.348. The number of amides is 1. The molecule has 3 atom stereocenters. The van der Waals surface area contributed by atoms with E-state index in [-0.39, 0.29) is 23.7 Å². The number of hydrogen-bond acceptors (Lipinski definition) is 3. The number of pyridine rings is 1. The molecule has 1 unspecified atom stereocenters. The van der Waals surface area contributed by atoms with Gasteiger partial charge in [-0.1, -0.05) is 13.8 Å². The fourth-order valence-electron chi connectivity index (χ4n) is 5.55. The summed E-state index contributed by atoms with van der Waals surface area (Å²) in [4.78, 5) is 30.2. The molecule has 5 nitrogen and oxygen atoms in total. The fourth-order valence-corrected chi connectivity index (χ4v) is 5.55. The highest BCUT2D eigenvalue weighted by molar-refractivity contribution is 5.97. The molecule has 1 heterocycles. The maximum absolute atomic E-state index is 13.9. The fraction of sp³-hybridized carbons (Fsp3) is 0.556. The zero-order chi connectivity index (χ0) is 26.1. The maximum Gasteiger partial charge on any atom is 0.416 e. The van der Waals surface area contributed by atoms with E-state index in [0.29, 0.717) is 46.5 Å². The molecular weight excluding hydrogens is 455 g/mol. The number of benzene rings is 1. The molecule has 0 spiro atoms. The van der Waals surface area contributed by atoms with Crippen molar-refractivity contribution < 1.29 is 18.0 Å². The summed E-state index contributed by atoms with van der Waals surface area (Å²) < 4.78 is 41.6. The third-order valence-electron chi connectivity index (χ3n) is 7.12. The van der Waals surface area contributed by atoms with Gasteiger partial charge >= 0.3 is 6.18 Å². The molecule has 0 radical (unpaired) electrons. The SMILES string of the molecule is CCN(c1cc(C(F)(F)F)cc(C(=O)NCc2c(C)cc(C)[nH]c2=O)c1C)C1C[C@@H](C)C[C@@H](C)C1. The van der Waals surface area contributed by atoms with E-state index in [4.69, 9.17) is 0 Å². The number of alkyl halides is 3. The summed E-state index contributed by atoms with van der Waals surface area (Å²) in [6.45, 7) is 12.0. The predicted molar refractivity (Wildman–Crippen MR) is 133 cm³/mol. The standard InChI is InChI=1S/C27H36F3N3O2/c1-7-33(21-9-15(2)8-16(3)10-21)24-13-20(27(28,29)30)12-22(19(24)6)25(34)31-14-23-17(4)11-18(5)32-26(23)35/h11-13,15-16,21H,7-10,14H2,1-6H3,(H,31,34)(H,32,35)/t15-,16+,21?. The third-order valence-corrected chi connectivity index (χ3v) is 7.12. The average molecular weight is 492 g/mol.